The number of ether oxygens (including phenoxy) is 1. The lowest BCUT2D eigenvalue weighted by Crippen LogP contribution is -2.49. The normalized spacial score (nSPS) is 14.8. The van der Waals surface area contributed by atoms with Crippen LogP contribution in [0.15, 0.2) is 60.7 Å². The van der Waals surface area contributed by atoms with Crippen LogP contribution in [0.5, 0.6) is 0 Å². The predicted octanol–water partition coefficient (Wildman–Crippen LogP) is 6.11. The monoisotopic (exact) mass is 522 g/mol. The van der Waals surface area contributed by atoms with Crippen LogP contribution in [0.1, 0.15) is 38.5 Å². The van der Waals surface area contributed by atoms with Gasteiger partial charge < -0.3 is 14.5 Å². The highest BCUT2D eigenvalue weighted by molar-refractivity contribution is 6.83. The molecule has 38 heavy (non-hydrogen) atoms. The molecule has 1 fully saturated rings. The quantitative estimate of drug-likeness (QED) is 0.236. The predicted molar refractivity (Wildman–Crippen MR) is 156 cm³/mol. The molecule has 0 N–H and O–H groups in total. The van der Waals surface area contributed by atoms with Crippen molar-refractivity contribution in [2.24, 2.45) is 0 Å². The number of anilines is 1. The van der Waals surface area contributed by atoms with Gasteiger partial charge in [0.15, 0.2) is 0 Å². The number of carbonyl (C=O) groups is 2. The second-order valence-corrected chi connectivity index (χ2v) is 15.9. The third-order valence-electron chi connectivity index (χ3n) is 7.37. The number of hydrogen-bond donors (Lipinski definition) is 0. The molecule has 194 valence electrons. The molecule has 1 aliphatic heterocycles. The lowest BCUT2D eigenvalue weighted by Gasteiger charge is -2.36. The highest BCUT2D eigenvalue weighted by Crippen LogP contribution is 2.44. The van der Waals surface area contributed by atoms with Crippen LogP contribution in [0.4, 0.5) is 10.5 Å². The molecule has 3 aromatic rings. The molecule has 0 atom stereocenters. The lowest BCUT2D eigenvalue weighted by atomic mass is 9.98. The summed E-state index contributed by atoms with van der Waals surface area (Å²) < 4.78 is 5.86. The Morgan fingerprint density at radius 1 is 0.974 bits per heavy atom. The summed E-state index contributed by atoms with van der Waals surface area (Å²) in [6, 6.07) is 20.7. The van der Waals surface area contributed by atoms with Crippen molar-refractivity contribution in [3.63, 3.8) is 0 Å². The topological polar surface area (TPSA) is 49.9 Å². The van der Waals surface area contributed by atoms with E-state index >= 15 is 0 Å². The van der Waals surface area contributed by atoms with E-state index in [9.17, 15) is 9.59 Å². The van der Waals surface area contributed by atoms with Crippen LogP contribution in [0.25, 0.3) is 11.1 Å². The Morgan fingerprint density at radius 2 is 1.58 bits per heavy atom. The van der Waals surface area contributed by atoms with E-state index in [2.05, 4.69) is 78.5 Å². The van der Waals surface area contributed by atoms with Crippen molar-refractivity contribution in [2.75, 3.05) is 37.7 Å². The largest absolute Gasteiger partial charge is 0.448 e. The molecule has 3 aromatic carbocycles. The van der Waals surface area contributed by atoms with Gasteiger partial charge >= 0.3 is 6.09 Å². The first-order valence-electron chi connectivity index (χ1n) is 13.2. The van der Waals surface area contributed by atoms with E-state index in [4.69, 9.17) is 4.74 Å². The third-order valence-corrected chi connectivity index (χ3v) is 8.25. The average Bonchev–Trinajstić information content (AvgIpc) is 3.24. The molecule has 0 unspecified atom stereocenters. The molecule has 0 aromatic heterocycles. The zero-order valence-corrected chi connectivity index (χ0v) is 23.6. The molecule has 5 nitrogen and oxygen atoms in total. The van der Waals surface area contributed by atoms with Crippen molar-refractivity contribution >= 4 is 26.1 Å². The van der Waals surface area contributed by atoms with Crippen molar-refractivity contribution in [1.82, 2.24) is 4.90 Å². The van der Waals surface area contributed by atoms with Crippen LogP contribution >= 0.6 is 0 Å². The standard InChI is InChI=1S/C32H34N2O3Si/c1-23-24(13-18-38(2,3)4)19-26(20-25(23)21-35)33-14-16-34(17-15-33)32(36)37-22-31-29-11-7-5-9-27(29)28-10-6-8-12-30(28)31/h5-12,19-21,31H,14-17,22H2,1-4H3. The minimum atomic E-state index is -1.55. The second-order valence-electron chi connectivity index (χ2n) is 11.1. The molecular formula is C32H34N2O3Si. The first-order valence-corrected chi connectivity index (χ1v) is 16.7. The van der Waals surface area contributed by atoms with Gasteiger partial charge in [-0.15, -0.1) is 5.54 Å². The van der Waals surface area contributed by atoms with Crippen LogP contribution in [0.3, 0.4) is 0 Å². The summed E-state index contributed by atoms with van der Waals surface area (Å²) >= 11 is 0. The Kier molecular flexibility index (Phi) is 7.14. The minimum absolute atomic E-state index is 0.0534. The van der Waals surface area contributed by atoms with E-state index in [1.54, 1.807) is 4.90 Å². The molecule has 6 heteroatoms. The molecule has 0 bridgehead atoms. The van der Waals surface area contributed by atoms with Gasteiger partial charge in [0.1, 0.15) is 21.0 Å². The highest BCUT2D eigenvalue weighted by atomic mass is 28.3. The highest BCUT2D eigenvalue weighted by Gasteiger charge is 2.30. The van der Waals surface area contributed by atoms with Crippen LogP contribution in [0, 0.1) is 18.4 Å². The number of fused-ring (bicyclic) bond motifs is 3. The van der Waals surface area contributed by atoms with E-state index < -0.39 is 8.07 Å². The maximum atomic E-state index is 13.0. The summed E-state index contributed by atoms with van der Waals surface area (Å²) in [6.45, 7) is 11.4. The van der Waals surface area contributed by atoms with Gasteiger partial charge in [0.2, 0.25) is 0 Å². The van der Waals surface area contributed by atoms with Crippen LogP contribution in [-0.4, -0.2) is 58.1 Å². The van der Waals surface area contributed by atoms with Crippen LogP contribution in [0.2, 0.25) is 19.6 Å². The van der Waals surface area contributed by atoms with Crippen molar-refractivity contribution in [1.29, 1.82) is 0 Å². The molecule has 0 spiro atoms. The molecular weight excluding hydrogens is 488 g/mol. The summed E-state index contributed by atoms with van der Waals surface area (Å²) in [4.78, 5) is 28.8. The number of amides is 1. The van der Waals surface area contributed by atoms with E-state index in [1.165, 1.54) is 22.3 Å². The van der Waals surface area contributed by atoms with Crippen LogP contribution in [-0.2, 0) is 4.74 Å². The summed E-state index contributed by atoms with van der Waals surface area (Å²) in [5.41, 5.74) is 11.8. The molecule has 0 radical (unpaired) electrons. The number of hydrogen-bond acceptors (Lipinski definition) is 4. The first-order chi connectivity index (χ1) is 18.2. The van der Waals surface area contributed by atoms with Gasteiger partial charge in [-0.25, -0.2) is 4.79 Å². The maximum absolute atomic E-state index is 13.0. The van der Waals surface area contributed by atoms with E-state index in [0.717, 1.165) is 23.1 Å². The second kappa shape index (κ2) is 10.5. The van der Waals surface area contributed by atoms with Gasteiger partial charge in [0, 0.05) is 48.9 Å². The molecule has 2 aliphatic rings. The van der Waals surface area contributed by atoms with E-state index in [1.807, 2.05) is 25.1 Å². The molecule has 1 saturated heterocycles. The number of benzene rings is 3. The lowest BCUT2D eigenvalue weighted by molar-refractivity contribution is 0.0976. The summed E-state index contributed by atoms with van der Waals surface area (Å²) in [7, 11) is -1.55. The van der Waals surface area contributed by atoms with Gasteiger partial charge in [-0.1, -0.05) is 74.1 Å². The molecule has 5 rings (SSSR count). The molecule has 1 heterocycles. The summed E-state index contributed by atoms with van der Waals surface area (Å²) in [6.07, 6.45) is 0.636. The third kappa shape index (κ3) is 5.25. The number of carbonyl (C=O) groups excluding carboxylic acids is 2. The Balaban J connectivity index is 1.24. The zero-order valence-electron chi connectivity index (χ0n) is 22.6. The molecule has 1 amide bonds. The average molecular weight is 523 g/mol. The van der Waals surface area contributed by atoms with Gasteiger partial charge in [0.25, 0.3) is 0 Å². The fraction of sp³-hybridized carbons (Fsp3) is 0.312. The van der Waals surface area contributed by atoms with Gasteiger partial charge in [-0.3, -0.25) is 4.79 Å². The number of nitrogens with zero attached hydrogens (tertiary/aromatic N) is 2. The SMILES string of the molecule is Cc1c(C#C[Si](C)(C)C)cc(N2CCN(C(=O)OCC3c4ccccc4-c4ccccc43)CC2)cc1C=O. The van der Waals surface area contributed by atoms with Gasteiger partial charge in [-0.2, -0.15) is 0 Å². The summed E-state index contributed by atoms with van der Waals surface area (Å²) in [5, 5.41) is 0. The van der Waals surface area contributed by atoms with Crippen molar-refractivity contribution < 1.29 is 14.3 Å². The van der Waals surface area contributed by atoms with Crippen LogP contribution < -0.4 is 4.90 Å². The Morgan fingerprint density at radius 3 is 2.16 bits per heavy atom. The fourth-order valence-electron chi connectivity index (χ4n) is 5.24. The van der Waals surface area contributed by atoms with E-state index in [-0.39, 0.29) is 12.0 Å². The molecule has 0 saturated carbocycles. The van der Waals surface area contributed by atoms with Gasteiger partial charge in [-0.05, 0) is 46.9 Å². The minimum Gasteiger partial charge on any atom is -0.448 e. The zero-order chi connectivity index (χ0) is 26.9. The van der Waals surface area contributed by atoms with Crippen molar-refractivity contribution in [3.05, 3.63) is 88.5 Å². The smallest absolute Gasteiger partial charge is 0.409 e. The fourth-order valence-corrected chi connectivity index (χ4v) is 5.75. The van der Waals surface area contributed by atoms with E-state index in [0.29, 0.717) is 38.3 Å². The maximum Gasteiger partial charge on any atom is 0.409 e. The van der Waals surface area contributed by atoms with Gasteiger partial charge in [0.05, 0.1) is 0 Å². The number of piperazine rings is 1. The number of rotatable bonds is 4. The first kappa shape index (κ1) is 25.8. The Hall–Kier alpha value is -3.82. The summed E-state index contributed by atoms with van der Waals surface area (Å²) in [5.74, 6) is 3.39. The Labute approximate surface area is 226 Å². The van der Waals surface area contributed by atoms with Crippen molar-refractivity contribution in [2.45, 2.75) is 32.5 Å². The van der Waals surface area contributed by atoms with Crippen molar-refractivity contribution in [3.8, 4) is 22.6 Å². The molecule has 1 aliphatic carbocycles. The number of aldehydes is 1. The Bertz CT molecular complexity index is 1390.